The fourth-order valence-electron chi connectivity index (χ4n) is 3.47. The van der Waals surface area contributed by atoms with Gasteiger partial charge in [0.05, 0.1) is 19.8 Å². The summed E-state index contributed by atoms with van der Waals surface area (Å²) < 4.78 is 11.3. The van der Waals surface area contributed by atoms with Gasteiger partial charge in [0.1, 0.15) is 18.7 Å². The van der Waals surface area contributed by atoms with Crippen molar-refractivity contribution < 1.29 is 23.9 Å². The molecule has 0 fully saturated rings. The molecular formula is C26H38N4O5S. The summed E-state index contributed by atoms with van der Waals surface area (Å²) in [5.41, 5.74) is 6.29. The second-order valence-electron chi connectivity index (χ2n) is 9.37. The number of nitrogens with one attached hydrogen (secondary N) is 1. The summed E-state index contributed by atoms with van der Waals surface area (Å²) in [5.74, 6) is -1.07. The zero-order chi connectivity index (χ0) is 26.7. The average Bonchev–Trinajstić information content (AvgIpc) is 3.36. The third kappa shape index (κ3) is 9.34. The fourth-order valence-corrected chi connectivity index (χ4v) is 4.21. The molecule has 0 aliphatic rings. The summed E-state index contributed by atoms with van der Waals surface area (Å²) in [6.45, 7) is 3.80. The first kappa shape index (κ1) is 29.4. The molecule has 0 unspecified atom stereocenters. The van der Waals surface area contributed by atoms with Crippen LogP contribution in [0.4, 0.5) is 0 Å². The van der Waals surface area contributed by atoms with Crippen molar-refractivity contribution in [3.8, 4) is 0 Å². The van der Waals surface area contributed by atoms with Crippen LogP contribution in [0.25, 0.3) is 0 Å². The molecule has 3 amide bonds. The van der Waals surface area contributed by atoms with Crippen molar-refractivity contribution in [3.05, 3.63) is 58.3 Å². The topological polar surface area (TPSA) is 114 Å². The van der Waals surface area contributed by atoms with E-state index in [-0.39, 0.29) is 38.2 Å². The molecule has 10 heteroatoms. The van der Waals surface area contributed by atoms with Gasteiger partial charge in [-0.2, -0.15) is 0 Å². The number of benzene rings is 1. The largest absolute Gasteiger partial charge is 0.374 e. The number of nitrogens with two attached hydrogens (primary N) is 1. The van der Waals surface area contributed by atoms with E-state index in [4.69, 9.17) is 15.2 Å². The van der Waals surface area contributed by atoms with Crippen LogP contribution in [0.5, 0.6) is 0 Å². The van der Waals surface area contributed by atoms with Gasteiger partial charge in [-0.05, 0) is 30.9 Å². The monoisotopic (exact) mass is 518 g/mol. The van der Waals surface area contributed by atoms with E-state index in [1.807, 2.05) is 47.8 Å². The predicted octanol–water partition coefficient (Wildman–Crippen LogP) is 1.66. The van der Waals surface area contributed by atoms with Crippen molar-refractivity contribution in [3.63, 3.8) is 0 Å². The van der Waals surface area contributed by atoms with E-state index in [2.05, 4.69) is 5.32 Å². The standard InChI is InChI=1S/C26H38N4O5S/c1-26(2,27)18-35-17-23(31)29(4)22(16-34-15-19-10-7-6-8-11-19)25(33)30(5)21(24(32)28-3)14-20-12-9-13-36-20/h6-13,21-22H,14-18,27H2,1-5H3,(H,28,32)/t21-,22-/m1/s1. The van der Waals surface area contributed by atoms with Gasteiger partial charge < -0.3 is 30.3 Å². The van der Waals surface area contributed by atoms with Gasteiger partial charge in [-0.3, -0.25) is 14.4 Å². The van der Waals surface area contributed by atoms with Gasteiger partial charge in [-0.15, -0.1) is 11.3 Å². The van der Waals surface area contributed by atoms with E-state index < -0.39 is 23.5 Å². The summed E-state index contributed by atoms with van der Waals surface area (Å²) in [6, 6.07) is 11.7. The molecule has 198 valence electrons. The number of carbonyl (C=O) groups excluding carboxylic acids is 3. The van der Waals surface area contributed by atoms with Crippen molar-refractivity contribution in [2.45, 2.75) is 44.5 Å². The molecule has 0 saturated heterocycles. The zero-order valence-electron chi connectivity index (χ0n) is 21.7. The lowest BCUT2D eigenvalue weighted by atomic mass is 10.1. The van der Waals surface area contributed by atoms with Crippen molar-refractivity contribution in [1.29, 1.82) is 0 Å². The molecule has 9 nitrogen and oxygen atoms in total. The summed E-state index contributed by atoms with van der Waals surface area (Å²) in [6.07, 6.45) is 0.365. The van der Waals surface area contributed by atoms with E-state index in [0.717, 1.165) is 10.4 Å². The van der Waals surface area contributed by atoms with Gasteiger partial charge in [-0.1, -0.05) is 36.4 Å². The number of ether oxygens (including phenoxy) is 2. The van der Waals surface area contributed by atoms with Crippen LogP contribution in [0.1, 0.15) is 24.3 Å². The number of carbonyl (C=O) groups is 3. The van der Waals surface area contributed by atoms with Gasteiger partial charge in [0.25, 0.3) is 0 Å². The molecule has 2 rings (SSSR count). The Morgan fingerprint density at radius 2 is 1.72 bits per heavy atom. The highest BCUT2D eigenvalue weighted by atomic mass is 32.1. The number of rotatable bonds is 14. The molecular weight excluding hydrogens is 480 g/mol. The molecule has 1 aromatic heterocycles. The van der Waals surface area contributed by atoms with Crippen LogP contribution in [0.3, 0.4) is 0 Å². The van der Waals surface area contributed by atoms with Gasteiger partial charge in [0.15, 0.2) is 0 Å². The Hall–Kier alpha value is -2.79. The van der Waals surface area contributed by atoms with Crippen LogP contribution >= 0.6 is 11.3 Å². The van der Waals surface area contributed by atoms with Gasteiger partial charge >= 0.3 is 0 Å². The molecule has 0 spiro atoms. The molecule has 1 heterocycles. The quantitative estimate of drug-likeness (QED) is 0.393. The minimum absolute atomic E-state index is 0.0395. The van der Waals surface area contributed by atoms with Crippen LogP contribution in [-0.2, 0) is 36.9 Å². The fraction of sp³-hybridized carbons (Fsp3) is 0.500. The van der Waals surface area contributed by atoms with Gasteiger partial charge in [0, 0.05) is 38.0 Å². The number of hydrogen-bond donors (Lipinski definition) is 2. The molecule has 2 atom stereocenters. The highest BCUT2D eigenvalue weighted by Gasteiger charge is 2.35. The maximum atomic E-state index is 13.7. The SMILES string of the molecule is CNC(=O)[C@@H](Cc1cccs1)N(C)C(=O)[C@@H](COCc1ccccc1)N(C)C(=O)COCC(C)(C)N. The highest BCUT2D eigenvalue weighted by Crippen LogP contribution is 2.16. The smallest absolute Gasteiger partial charge is 0.249 e. The van der Waals surface area contributed by atoms with E-state index in [1.54, 1.807) is 20.9 Å². The summed E-state index contributed by atoms with van der Waals surface area (Å²) >= 11 is 1.52. The lowest BCUT2D eigenvalue weighted by Crippen LogP contribution is -2.56. The van der Waals surface area contributed by atoms with E-state index in [9.17, 15) is 14.4 Å². The normalized spacial score (nSPS) is 13.1. The van der Waals surface area contributed by atoms with Crippen LogP contribution in [0, 0.1) is 0 Å². The number of thiophene rings is 1. The Bertz CT molecular complexity index is 962. The molecule has 0 radical (unpaired) electrons. The van der Waals surface area contributed by atoms with Gasteiger partial charge in [-0.25, -0.2) is 0 Å². The summed E-state index contributed by atoms with van der Waals surface area (Å²) in [7, 11) is 4.65. The Kier molecular flexibility index (Phi) is 11.5. The maximum Gasteiger partial charge on any atom is 0.249 e. The first-order chi connectivity index (χ1) is 17.0. The number of likely N-dealkylation sites (N-methyl/N-ethyl adjacent to an activating group) is 3. The van der Waals surface area contributed by atoms with Crippen molar-refractivity contribution in [2.24, 2.45) is 5.73 Å². The van der Waals surface area contributed by atoms with Crippen LogP contribution < -0.4 is 11.1 Å². The highest BCUT2D eigenvalue weighted by molar-refractivity contribution is 7.09. The maximum absolute atomic E-state index is 13.7. The molecule has 0 aliphatic heterocycles. The number of nitrogens with zero attached hydrogens (tertiary/aromatic N) is 2. The molecule has 0 bridgehead atoms. The Labute approximate surface area is 217 Å². The van der Waals surface area contributed by atoms with Crippen LogP contribution in [0.15, 0.2) is 47.8 Å². The average molecular weight is 519 g/mol. The van der Waals surface area contributed by atoms with Crippen LogP contribution in [0.2, 0.25) is 0 Å². The molecule has 36 heavy (non-hydrogen) atoms. The third-order valence-electron chi connectivity index (χ3n) is 5.57. The first-order valence-corrected chi connectivity index (χ1v) is 12.7. The first-order valence-electron chi connectivity index (χ1n) is 11.8. The Morgan fingerprint density at radius 3 is 2.31 bits per heavy atom. The van der Waals surface area contributed by atoms with E-state index in [1.165, 1.54) is 35.2 Å². The Balaban J connectivity index is 2.18. The van der Waals surface area contributed by atoms with Crippen LogP contribution in [-0.4, -0.2) is 86.1 Å². The predicted molar refractivity (Wildman–Crippen MR) is 140 cm³/mol. The van der Waals surface area contributed by atoms with E-state index in [0.29, 0.717) is 6.42 Å². The lowest BCUT2D eigenvalue weighted by molar-refractivity contribution is -0.152. The second-order valence-corrected chi connectivity index (χ2v) is 10.4. The minimum atomic E-state index is -0.948. The van der Waals surface area contributed by atoms with Crippen molar-refractivity contribution in [1.82, 2.24) is 15.1 Å². The van der Waals surface area contributed by atoms with Crippen molar-refractivity contribution >= 4 is 29.1 Å². The summed E-state index contributed by atoms with van der Waals surface area (Å²) in [4.78, 5) is 43.0. The Morgan fingerprint density at radius 1 is 1.03 bits per heavy atom. The number of amides is 3. The summed E-state index contributed by atoms with van der Waals surface area (Å²) in [5, 5.41) is 4.56. The molecule has 3 N–H and O–H groups in total. The van der Waals surface area contributed by atoms with Crippen molar-refractivity contribution in [2.75, 3.05) is 41.0 Å². The second kappa shape index (κ2) is 14.1. The zero-order valence-corrected chi connectivity index (χ0v) is 22.5. The van der Waals surface area contributed by atoms with E-state index >= 15 is 0 Å². The molecule has 0 aliphatic carbocycles. The van der Waals surface area contributed by atoms with Gasteiger partial charge in [0.2, 0.25) is 17.7 Å². The third-order valence-corrected chi connectivity index (χ3v) is 6.47. The number of hydrogen-bond acceptors (Lipinski definition) is 7. The molecule has 2 aromatic rings. The molecule has 1 aromatic carbocycles. The lowest BCUT2D eigenvalue weighted by Gasteiger charge is -2.34. The molecule has 0 saturated carbocycles. The minimum Gasteiger partial charge on any atom is -0.374 e.